The Morgan fingerprint density at radius 3 is 2.64 bits per heavy atom. The molecule has 4 rings (SSSR count). The lowest BCUT2D eigenvalue weighted by Crippen LogP contribution is -2.28. The molecule has 1 unspecified atom stereocenters. The Bertz CT molecular complexity index is 1130. The summed E-state index contributed by atoms with van der Waals surface area (Å²) in [5.41, 5.74) is 1.83. The molecule has 1 N–H and O–H groups in total. The second-order valence-electron chi connectivity index (χ2n) is 6.40. The molecule has 8 heteroatoms. The summed E-state index contributed by atoms with van der Waals surface area (Å²) in [5.74, 6) is -0.140. The zero-order valence-electron chi connectivity index (χ0n) is 15.1. The summed E-state index contributed by atoms with van der Waals surface area (Å²) in [4.78, 5) is 17.1. The van der Waals surface area contributed by atoms with Crippen LogP contribution in [0.3, 0.4) is 0 Å². The first-order chi connectivity index (χ1) is 13.5. The number of carbonyl (C=O) groups is 1. The van der Waals surface area contributed by atoms with Crippen molar-refractivity contribution in [3.63, 3.8) is 0 Å². The van der Waals surface area contributed by atoms with Crippen molar-refractivity contribution in [1.82, 2.24) is 20.0 Å². The highest BCUT2D eigenvalue weighted by atomic mass is 35.5. The Labute approximate surface area is 164 Å². The summed E-state index contributed by atoms with van der Waals surface area (Å²) in [6.07, 6.45) is 0. The average molecular weight is 399 g/mol. The second kappa shape index (κ2) is 7.09. The molecule has 2 heterocycles. The number of para-hydroxylation sites is 1. The van der Waals surface area contributed by atoms with E-state index in [1.165, 1.54) is 12.1 Å². The Balaban J connectivity index is 1.57. The van der Waals surface area contributed by atoms with Gasteiger partial charge in [0.2, 0.25) is 11.7 Å². The van der Waals surface area contributed by atoms with Crippen molar-refractivity contribution in [1.29, 1.82) is 0 Å². The predicted octanol–water partition coefficient (Wildman–Crippen LogP) is 4.51. The van der Waals surface area contributed by atoms with E-state index in [9.17, 15) is 9.18 Å². The van der Waals surface area contributed by atoms with E-state index in [2.05, 4.69) is 15.5 Å². The van der Waals surface area contributed by atoms with Gasteiger partial charge < -0.3 is 14.4 Å². The summed E-state index contributed by atoms with van der Waals surface area (Å²) in [6.45, 7) is 1.73. The molecule has 2 aromatic carbocycles. The topological polar surface area (TPSA) is 73.0 Å². The first kappa shape index (κ1) is 18.2. The number of carbonyl (C=O) groups excluding carboxylic acids is 1. The monoisotopic (exact) mass is 398 g/mol. The molecule has 1 atom stereocenters. The van der Waals surface area contributed by atoms with Crippen LogP contribution in [0.1, 0.15) is 29.3 Å². The van der Waals surface area contributed by atoms with Crippen LogP contribution in [0.4, 0.5) is 4.39 Å². The van der Waals surface area contributed by atoms with Crippen molar-refractivity contribution in [3.8, 4) is 11.4 Å². The average Bonchev–Trinajstić information content (AvgIpc) is 3.27. The molecule has 0 fully saturated rings. The van der Waals surface area contributed by atoms with E-state index in [1.807, 2.05) is 24.3 Å². The highest BCUT2D eigenvalue weighted by Crippen LogP contribution is 2.30. The maximum atomic E-state index is 13.1. The molecule has 0 aliphatic heterocycles. The number of halogens is 2. The summed E-state index contributed by atoms with van der Waals surface area (Å²) >= 11 is 6.42. The number of nitrogens with zero attached hydrogens (tertiary/aromatic N) is 3. The van der Waals surface area contributed by atoms with Crippen LogP contribution in [-0.4, -0.2) is 20.6 Å². The molecule has 142 valence electrons. The van der Waals surface area contributed by atoms with Crippen molar-refractivity contribution in [2.24, 2.45) is 7.05 Å². The Morgan fingerprint density at radius 1 is 1.21 bits per heavy atom. The van der Waals surface area contributed by atoms with E-state index in [4.69, 9.17) is 16.1 Å². The Kier molecular flexibility index (Phi) is 4.60. The summed E-state index contributed by atoms with van der Waals surface area (Å²) in [5, 5.41) is 7.92. The molecule has 0 bridgehead atoms. The van der Waals surface area contributed by atoms with E-state index in [1.54, 1.807) is 30.7 Å². The van der Waals surface area contributed by atoms with Gasteiger partial charge >= 0.3 is 0 Å². The molecule has 0 saturated carbocycles. The minimum Gasteiger partial charge on any atom is -0.339 e. The van der Waals surface area contributed by atoms with Crippen LogP contribution in [0.5, 0.6) is 0 Å². The fourth-order valence-corrected chi connectivity index (χ4v) is 3.43. The first-order valence-corrected chi connectivity index (χ1v) is 8.97. The number of aryl methyl sites for hydroxylation is 1. The lowest BCUT2D eigenvalue weighted by Gasteiger charge is -2.11. The van der Waals surface area contributed by atoms with Gasteiger partial charge in [0.05, 0.1) is 5.02 Å². The third kappa shape index (κ3) is 3.14. The zero-order chi connectivity index (χ0) is 19.8. The second-order valence-corrected chi connectivity index (χ2v) is 6.77. The van der Waals surface area contributed by atoms with Crippen LogP contribution in [-0.2, 0) is 7.05 Å². The minimum absolute atomic E-state index is 0.238. The number of nitrogens with one attached hydrogen (secondary N) is 1. The lowest BCUT2D eigenvalue weighted by molar-refractivity contribution is 0.0925. The van der Waals surface area contributed by atoms with E-state index < -0.39 is 6.04 Å². The standard InChI is InChI=1S/C20H16ClFN4O2/c1-11(20-24-18(25-28-20)12-7-9-13(22)10-8-12)23-19(27)17-16(21)14-5-3-4-6-15(14)26(17)2/h3-11H,1-2H3,(H,23,27). The first-order valence-electron chi connectivity index (χ1n) is 8.59. The lowest BCUT2D eigenvalue weighted by atomic mass is 10.2. The molecule has 0 saturated heterocycles. The number of amides is 1. The number of fused-ring (bicyclic) bond motifs is 1. The normalized spacial score (nSPS) is 12.3. The van der Waals surface area contributed by atoms with Gasteiger partial charge in [-0.1, -0.05) is 35.0 Å². The number of aromatic nitrogens is 3. The van der Waals surface area contributed by atoms with Crippen LogP contribution in [0.2, 0.25) is 5.02 Å². The van der Waals surface area contributed by atoms with Gasteiger partial charge in [0.15, 0.2) is 0 Å². The third-order valence-electron chi connectivity index (χ3n) is 4.52. The van der Waals surface area contributed by atoms with Crippen LogP contribution in [0, 0.1) is 5.82 Å². The van der Waals surface area contributed by atoms with E-state index in [0.29, 0.717) is 22.1 Å². The summed E-state index contributed by atoms with van der Waals surface area (Å²) < 4.78 is 20.1. The number of hydrogen-bond donors (Lipinski definition) is 1. The molecule has 0 spiro atoms. The smallest absolute Gasteiger partial charge is 0.270 e. The van der Waals surface area contributed by atoms with Gasteiger partial charge in [-0.3, -0.25) is 4.79 Å². The van der Waals surface area contributed by atoms with Crippen molar-refractivity contribution >= 4 is 28.4 Å². The van der Waals surface area contributed by atoms with Crippen molar-refractivity contribution in [3.05, 3.63) is 71.0 Å². The van der Waals surface area contributed by atoms with Gasteiger partial charge in [0.25, 0.3) is 5.91 Å². The molecule has 1 amide bonds. The van der Waals surface area contributed by atoms with Gasteiger partial charge in [-0.2, -0.15) is 4.98 Å². The molecule has 0 aliphatic carbocycles. The van der Waals surface area contributed by atoms with E-state index in [0.717, 1.165) is 10.9 Å². The number of benzene rings is 2. The zero-order valence-corrected chi connectivity index (χ0v) is 15.9. The minimum atomic E-state index is -0.539. The van der Waals surface area contributed by atoms with Crippen LogP contribution in [0.15, 0.2) is 53.1 Å². The largest absolute Gasteiger partial charge is 0.339 e. The molecule has 4 aromatic rings. The van der Waals surface area contributed by atoms with Crippen LogP contribution >= 0.6 is 11.6 Å². The molecular formula is C20H16ClFN4O2. The fourth-order valence-electron chi connectivity index (χ4n) is 3.05. The quantitative estimate of drug-likeness (QED) is 0.549. The van der Waals surface area contributed by atoms with Crippen molar-refractivity contribution in [2.75, 3.05) is 0 Å². The fraction of sp³-hybridized carbons (Fsp3) is 0.150. The van der Waals surface area contributed by atoms with Crippen LogP contribution < -0.4 is 5.32 Å². The Morgan fingerprint density at radius 2 is 1.93 bits per heavy atom. The molecule has 2 aromatic heterocycles. The maximum Gasteiger partial charge on any atom is 0.270 e. The maximum absolute atomic E-state index is 13.1. The SMILES string of the molecule is CC(NC(=O)c1c(Cl)c2ccccc2n1C)c1nc(-c2ccc(F)cc2)no1. The highest BCUT2D eigenvalue weighted by molar-refractivity contribution is 6.38. The summed E-state index contributed by atoms with van der Waals surface area (Å²) in [6, 6.07) is 12.7. The molecule has 6 nitrogen and oxygen atoms in total. The number of hydrogen-bond acceptors (Lipinski definition) is 4. The van der Waals surface area contributed by atoms with Crippen LogP contribution in [0.25, 0.3) is 22.3 Å². The van der Waals surface area contributed by atoms with Gasteiger partial charge in [-0.05, 0) is 37.3 Å². The molecule has 0 aliphatic rings. The van der Waals surface area contributed by atoms with Gasteiger partial charge in [-0.15, -0.1) is 0 Å². The highest BCUT2D eigenvalue weighted by Gasteiger charge is 2.23. The van der Waals surface area contributed by atoms with E-state index >= 15 is 0 Å². The van der Waals surface area contributed by atoms with Gasteiger partial charge in [-0.25, -0.2) is 4.39 Å². The summed E-state index contributed by atoms with van der Waals surface area (Å²) in [7, 11) is 1.78. The van der Waals surface area contributed by atoms with Gasteiger partial charge in [0, 0.05) is 23.5 Å². The predicted molar refractivity (Wildman–Crippen MR) is 104 cm³/mol. The van der Waals surface area contributed by atoms with E-state index in [-0.39, 0.29) is 17.6 Å². The molecule has 28 heavy (non-hydrogen) atoms. The van der Waals surface area contributed by atoms with Crippen molar-refractivity contribution in [2.45, 2.75) is 13.0 Å². The number of rotatable bonds is 4. The molecular weight excluding hydrogens is 383 g/mol. The Hall–Kier alpha value is -3.19. The van der Waals surface area contributed by atoms with Gasteiger partial charge in [0.1, 0.15) is 17.6 Å². The molecule has 0 radical (unpaired) electrons. The third-order valence-corrected chi connectivity index (χ3v) is 4.91. The van der Waals surface area contributed by atoms with Crippen molar-refractivity contribution < 1.29 is 13.7 Å².